The van der Waals surface area contributed by atoms with E-state index in [4.69, 9.17) is 14.2 Å². The zero-order chi connectivity index (χ0) is 22.5. The molecule has 1 unspecified atom stereocenters. The summed E-state index contributed by atoms with van der Waals surface area (Å²) < 4.78 is 16.1. The summed E-state index contributed by atoms with van der Waals surface area (Å²) in [5, 5.41) is 0. The van der Waals surface area contributed by atoms with Crippen molar-refractivity contribution in [3.63, 3.8) is 0 Å². The van der Waals surface area contributed by atoms with E-state index in [0.29, 0.717) is 30.3 Å². The first kappa shape index (κ1) is 21.9. The molecule has 2 aromatic rings. The lowest BCUT2D eigenvalue weighted by atomic mass is 9.87. The molecule has 7 nitrogen and oxygen atoms in total. The molecule has 0 saturated carbocycles. The van der Waals surface area contributed by atoms with Crippen LogP contribution in [-0.2, 0) is 20.7 Å². The SMILES string of the molecule is CN(C(=O)COC(=O)CCC(=O)c1ccc2c(c1)OCCO2)C1CCCc2ccccc21. The third-order valence-corrected chi connectivity index (χ3v) is 5.98. The molecule has 2 aliphatic rings. The summed E-state index contributed by atoms with van der Waals surface area (Å²) in [6, 6.07) is 13.1. The predicted molar refractivity (Wildman–Crippen MR) is 117 cm³/mol. The highest BCUT2D eigenvalue weighted by molar-refractivity contribution is 5.98. The van der Waals surface area contributed by atoms with Gasteiger partial charge in [0, 0.05) is 19.0 Å². The molecule has 0 radical (unpaired) electrons. The number of rotatable bonds is 7. The van der Waals surface area contributed by atoms with Gasteiger partial charge in [-0.25, -0.2) is 0 Å². The number of Topliss-reactive ketones (excluding diaryl/α,β-unsaturated/α-hetero) is 1. The van der Waals surface area contributed by atoms with E-state index >= 15 is 0 Å². The van der Waals surface area contributed by atoms with E-state index < -0.39 is 5.97 Å². The predicted octanol–water partition coefficient (Wildman–Crippen LogP) is 3.50. The Bertz CT molecular complexity index is 1020. The van der Waals surface area contributed by atoms with Crippen LogP contribution in [0.25, 0.3) is 0 Å². The normalized spacial score (nSPS) is 16.6. The van der Waals surface area contributed by atoms with E-state index in [0.717, 1.165) is 24.8 Å². The minimum Gasteiger partial charge on any atom is -0.486 e. The highest BCUT2D eigenvalue weighted by Crippen LogP contribution is 2.33. The van der Waals surface area contributed by atoms with Crippen molar-refractivity contribution in [2.75, 3.05) is 26.9 Å². The van der Waals surface area contributed by atoms with Gasteiger partial charge in [0.2, 0.25) is 0 Å². The van der Waals surface area contributed by atoms with Crippen molar-refractivity contribution < 1.29 is 28.6 Å². The van der Waals surface area contributed by atoms with Crippen molar-refractivity contribution in [3.8, 4) is 11.5 Å². The van der Waals surface area contributed by atoms with Crippen LogP contribution in [0.2, 0.25) is 0 Å². The highest BCUT2D eigenvalue weighted by atomic mass is 16.6. The standard InChI is InChI=1S/C25H27NO6/c1-26(20-8-4-6-17-5-2-3-7-19(17)20)24(28)16-32-25(29)12-10-21(27)18-9-11-22-23(15-18)31-14-13-30-22/h2-3,5,7,9,11,15,20H,4,6,8,10,12-14,16H2,1H3. The number of ether oxygens (including phenoxy) is 3. The van der Waals surface area contributed by atoms with Gasteiger partial charge in [0.25, 0.3) is 5.91 Å². The Hall–Kier alpha value is -3.35. The molecule has 0 bridgehead atoms. The zero-order valence-corrected chi connectivity index (χ0v) is 18.2. The number of aryl methyl sites for hydroxylation is 1. The lowest BCUT2D eigenvalue weighted by molar-refractivity contribution is -0.152. The molecule has 0 aromatic heterocycles. The fourth-order valence-corrected chi connectivity index (χ4v) is 4.20. The Morgan fingerprint density at radius 2 is 1.81 bits per heavy atom. The number of hydrogen-bond acceptors (Lipinski definition) is 6. The van der Waals surface area contributed by atoms with Crippen LogP contribution in [0.15, 0.2) is 42.5 Å². The lowest BCUT2D eigenvalue weighted by Gasteiger charge is -2.33. The molecule has 0 saturated heterocycles. The summed E-state index contributed by atoms with van der Waals surface area (Å²) in [5.41, 5.74) is 2.87. The number of likely N-dealkylation sites (N-methyl/N-ethyl adjacent to an activating group) is 1. The van der Waals surface area contributed by atoms with E-state index in [1.807, 2.05) is 12.1 Å². The van der Waals surface area contributed by atoms with Crippen LogP contribution in [0.3, 0.4) is 0 Å². The molecule has 1 aliphatic carbocycles. The Balaban J connectivity index is 1.25. The molecule has 32 heavy (non-hydrogen) atoms. The van der Waals surface area contributed by atoms with Gasteiger partial charge >= 0.3 is 5.97 Å². The highest BCUT2D eigenvalue weighted by Gasteiger charge is 2.27. The minimum atomic E-state index is -0.568. The largest absolute Gasteiger partial charge is 0.486 e. The molecule has 1 aliphatic heterocycles. The Morgan fingerprint density at radius 1 is 1.03 bits per heavy atom. The van der Waals surface area contributed by atoms with Crippen molar-refractivity contribution in [1.29, 1.82) is 0 Å². The number of amides is 1. The number of carbonyl (C=O) groups excluding carboxylic acids is 3. The summed E-state index contributed by atoms with van der Waals surface area (Å²) in [6.45, 7) is 0.589. The molecular weight excluding hydrogens is 410 g/mol. The topological polar surface area (TPSA) is 82.1 Å². The molecule has 0 N–H and O–H groups in total. The number of esters is 1. The Kier molecular flexibility index (Phi) is 6.73. The molecule has 0 fully saturated rings. The maximum absolute atomic E-state index is 12.6. The van der Waals surface area contributed by atoms with Gasteiger partial charge in [0.05, 0.1) is 12.5 Å². The molecule has 168 valence electrons. The summed E-state index contributed by atoms with van der Waals surface area (Å²) in [5.74, 6) is 0.124. The van der Waals surface area contributed by atoms with Crippen LogP contribution in [-0.4, -0.2) is 49.4 Å². The molecular formula is C25H27NO6. The van der Waals surface area contributed by atoms with E-state index in [1.165, 1.54) is 5.56 Å². The number of carbonyl (C=O) groups is 3. The van der Waals surface area contributed by atoms with E-state index in [2.05, 4.69) is 12.1 Å². The van der Waals surface area contributed by atoms with Crippen molar-refractivity contribution in [3.05, 3.63) is 59.2 Å². The number of fused-ring (bicyclic) bond motifs is 2. The van der Waals surface area contributed by atoms with Gasteiger partial charge in [-0.15, -0.1) is 0 Å². The average molecular weight is 437 g/mol. The maximum atomic E-state index is 12.6. The van der Waals surface area contributed by atoms with Gasteiger partial charge in [-0.1, -0.05) is 24.3 Å². The van der Waals surface area contributed by atoms with E-state index in [1.54, 1.807) is 30.1 Å². The fourth-order valence-electron chi connectivity index (χ4n) is 4.20. The van der Waals surface area contributed by atoms with Crippen LogP contribution in [0.5, 0.6) is 11.5 Å². The molecule has 7 heteroatoms. The molecule has 2 aromatic carbocycles. The Labute approximate surface area is 187 Å². The zero-order valence-electron chi connectivity index (χ0n) is 18.2. The van der Waals surface area contributed by atoms with E-state index in [-0.39, 0.29) is 37.2 Å². The third kappa shape index (κ3) is 4.93. The van der Waals surface area contributed by atoms with Crippen molar-refractivity contribution in [2.45, 2.75) is 38.1 Å². The van der Waals surface area contributed by atoms with Gasteiger partial charge < -0.3 is 19.1 Å². The maximum Gasteiger partial charge on any atom is 0.306 e. The van der Waals surface area contributed by atoms with Gasteiger partial charge in [-0.05, 0) is 48.6 Å². The van der Waals surface area contributed by atoms with Crippen molar-refractivity contribution in [1.82, 2.24) is 4.90 Å². The fraction of sp³-hybridized carbons (Fsp3) is 0.400. The number of ketones is 1. The lowest BCUT2D eigenvalue weighted by Crippen LogP contribution is -2.36. The monoisotopic (exact) mass is 437 g/mol. The van der Waals surface area contributed by atoms with Gasteiger partial charge in [0.1, 0.15) is 13.2 Å². The van der Waals surface area contributed by atoms with E-state index in [9.17, 15) is 14.4 Å². The van der Waals surface area contributed by atoms with Crippen LogP contribution in [0, 0.1) is 0 Å². The smallest absolute Gasteiger partial charge is 0.306 e. The minimum absolute atomic E-state index is 0.00148. The first-order valence-electron chi connectivity index (χ1n) is 10.9. The van der Waals surface area contributed by atoms with Gasteiger partial charge in [-0.2, -0.15) is 0 Å². The van der Waals surface area contributed by atoms with Gasteiger partial charge in [0.15, 0.2) is 23.9 Å². The summed E-state index contributed by atoms with van der Waals surface area (Å²) in [4.78, 5) is 38.8. The number of hydrogen-bond donors (Lipinski definition) is 0. The second-order valence-corrected chi connectivity index (χ2v) is 8.05. The molecule has 1 atom stereocenters. The number of benzene rings is 2. The number of nitrogens with zero attached hydrogens (tertiary/aromatic N) is 1. The van der Waals surface area contributed by atoms with Crippen molar-refractivity contribution in [2.24, 2.45) is 0 Å². The third-order valence-electron chi connectivity index (χ3n) is 5.98. The molecule has 1 heterocycles. The summed E-state index contributed by atoms with van der Waals surface area (Å²) in [6.07, 6.45) is 2.83. The Morgan fingerprint density at radius 3 is 2.66 bits per heavy atom. The molecule has 0 spiro atoms. The van der Waals surface area contributed by atoms with Crippen LogP contribution in [0.4, 0.5) is 0 Å². The molecule has 4 rings (SSSR count). The summed E-state index contributed by atoms with van der Waals surface area (Å²) >= 11 is 0. The van der Waals surface area contributed by atoms with Gasteiger partial charge in [-0.3, -0.25) is 14.4 Å². The summed E-state index contributed by atoms with van der Waals surface area (Å²) in [7, 11) is 1.74. The van der Waals surface area contributed by atoms with Crippen LogP contribution in [0.1, 0.15) is 53.2 Å². The quantitative estimate of drug-likeness (QED) is 0.487. The second-order valence-electron chi connectivity index (χ2n) is 8.05. The first-order chi connectivity index (χ1) is 15.5. The van der Waals surface area contributed by atoms with Crippen molar-refractivity contribution >= 4 is 17.7 Å². The first-order valence-corrected chi connectivity index (χ1v) is 10.9. The molecule has 1 amide bonds. The second kappa shape index (κ2) is 9.85. The van der Waals surface area contributed by atoms with Crippen LogP contribution >= 0.6 is 0 Å². The average Bonchev–Trinajstić information content (AvgIpc) is 2.84. The van der Waals surface area contributed by atoms with Crippen LogP contribution < -0.4 is 9.47 Å².